The third-order valence-electron chi connectivity index (χ3n) is 2.48. The fourth-order valence-corrected chi connectivity index (χ4v) is 1.62. The fraction of sp³-hybridized carbons (Fsp3) is 0.167. The van der Waals surface area contributed by atoms with Crippen LogP contribution in [0.3, 0.4) is 0 Å². The fourth-order valence-electron chi connectivity index (χ4n) is 1.62. The topological polar surface area (TPSA) is 75.2 Å². The lowest BCUT2D eigenvalue weighted by molar-refractivity contribution is 0.0691. The monoisotopic (exact) mass is 232 g/mol. The maximum absolute atomic E-state index is 11.1. The average Bonchev–Trinajstić information content (AvgIpc) is 2.73. The molecule has 2 N–H and O–H groups in total. The highest BCUT2D eigenvalue weighted by Crippen LogP contribution is 2.31. The molecule has 0 fully saturated rings. The highest BCUT2D eigenvalue weighted by atomic mass is 16.5. The molecule has 0 unspecified atom stereocenters. The molecule has 1 heterocycles. The van der Waals surface area contributed by atoms with Crippen LogP contribution in [0.2, 0.25) is 0 Å². The Kier molecular flexibility index (Phi) is 2.82. The third kappa shape index (κ3) is 1.99. The highest BCUT2D eigenvalue weighted by Gasteiger charge is 2.20. The molecule has 2 rings (SSSR count). The maximum atomic E-state index is 11.1. The van der Waals surface area contributed by atoms with Crippen molar-refractivity contribution in [1.82, 2.24) is 10.2 Å². The Balaban J connectivity index is 2.59. The number of H-pyrrole nitrogens is 1. The van der Waals surface area contributed by atoms with E-state index in [1.807, 2.05) is 31.2 Å². The van der Waals surface area contributed by atoms with E-state index >= 15 is 0 Å². The molecule has 0 atom stereocenters. The minimum atomic E-state index is -1.06. The van der Waals surface area contributed by atoms with E-state index in [1.54, 1.807) is 0 Å². The van der Waals surface area contributed by atoms with Crippen LogP contribution in [-0.2, 0) is 0 Å². The molecule has 5 heteroatoms. The number of nitrogens with zero attached hydrogens (tertiary/aromatic N) is 1. The lowest BCUT2D eigenvalue weighted by Gasteiger charge is -2.03. The van der Waals surface area contributed by atoms with Gasteiger partial charge in [-0.25, -0.2) is 4.79 Å². The predicted molar refractivity (Wildman–Crippen MR) is 62.3 cm³/mol. The number of hydrogen-bond acceptors (Lipinski definition) is 3. The molecule has 0 bridgehead atoms. The number of benzene rings is 1. The van der Waals surface area contributed by atoms with Crippen LogP contribution in [0, 0.1) is 6.92 Å². The van der Waals surface area contributed by atoms with Crippen molar-refractivity contribution in [3.05, 3.63) is 35.5 Å². The van der Waals surface area contributed by atoms with Crippen LogP contribution >= 0.6 is 0 Å². The minimum Gasteiger partial charge on any atom is -0.479 e. The summed E-state index contributed by atoms with van der Waals surface area (Å²) >= 11 is 0. The summed E-state index contributed by atoms with van der Waals surface area (Å²) in [4.78, 5) is 11.1. The van der Waals surface area contributed by atoms with Crippen molar-refractivity contribution >= 4 is 5.97 Å². The number of hydrogen-bond donors (Lipinski definition) is 2. The molecule has 5 nitrogen and oxygen atoms in total. The largest absolute Gasteiger partial charge is 0.479 e. The number of ether oxygens (including phenoxy) is 1. The summed E-state index contributed by atoms with van der Waals surface area (Å²) in [5.74, 6) is -0.775. The van der Waals surface area contributed by atoms with Crippen LogP contribution < -0.4 is 4.74 Å². The lowest BCUT2D eigenvalue weighted by atomic mass is 10.0. The van der Waals surface area contributed by atoms with Crippen molar-refractivity contribution in [2.75, 3.05) is 7.11 Å². The SMILES string of the molecule is COc1n[nH]c(C(=O)O)c1-c1ccc(C)cc1. The van der Waals surface area contributed by atoms with E-state index in [1.165, 1.54) is 7.11 Å². The Morgan fingerprint density at radius 2 is 2.00 bits per heavy atom. The van der Waals surface area contributed by atoms with Crippen molar-refractivity contribution < 1.29 is 14.6 Å². The van der Waals surface area contributed by atoms with Gasteiger partial charge in [-0.05, 0) is 12.5 Å². The van der Waals surface area contributed by atoms with Gasteiger partial charge >= 0.3 is 5.97 Å². The van der Waals surface area contributed by atoms with Crippen molar-refractivity contribution in [2.24, 2.45) is 0 Å². The number of carboxylic acid groups (broad SMARTS) is 1. The van der Waals surface area contributed by atoms with E-state index in [-0.39, 0.29) is 11.6 Å². The van der Waals surface area contributed by atoms with E-state index in [2.05, 4.69) is 10.2 Å². The summed E-state index contributed by atoms with van der Waals surface area (Å²) in [6.45, 7) is 1.97. The Morgan fingerprint density at radius 3 is 2.53 bits per heavy atom. The first kappa shape index (κ1) is 11.2. The van der Waals surface area contributed by atoms with Crippen molar-refractivity contribution in [2.45, 2.75) is 6.92 Å². The quantitative estimate of drug-likeness (QED) is 0.849. The van der Waals surface area contributed by atoms with E-state index in [0.717, 1.165) is 11.1 Å². The van der Waals surface area contributed by atoms with Gasteiger partial charge in [0, 0.05) is 0 Å². The molecular weight excluding hydrogens is 220 g/mol. The number of nitrogens with one attached hydrogen (secondary N) is 1. The van der Waals surface area contributed by atoms with Gasteiger partial charge in [0.15, 0.2) is 5.69 Å². The molecule has 0 radical (unpaired) electrons. The number of methoxy groups -OCH3 is 1. The highest BCUT2D eigenvalue weighted by molar-refractivity contribution is 5.95. The van der Waals surface area contributed by atoms with E-state index in [9.17, 15) is 4.79 Å². The van der Waals surface area contributed by atoms with Gasteiger partial charge in [0.1, 0.15) is 0 Å². The maximum Gasteiger partial charge on any atom is 0.354 e. The summed E-state index contributed by atoms with van der Waals surface area (Å²) in [5.41, 5.74) is 2.37. The zero-order chi connectivity index (χ0) is 12.4. The number of carbonyl (C=O) groups is 1. The first-order valence-electron chi connectivity index (χ1n) is 5.06. The van der Waals surface area contributed by atoms with Crippen molar-refractivity contribution in [3.8, 4) is 17.0 Å². The van der Waals surface area contributed by atoms with Crippen LogP contribution in [-0.4, -0.2) is 28.4 Å². The smallest absolute Gasteiger partial charge is 0.354 e. The third-order valence-corrected chi connectivity index (χ3v) is 2.48. The van der Waals surface area contributed by atoms with E-state index in [0.29, 0.717) is 5.56 Å². The number of rotatable bonds is 3. The summed E-state index contributed by atoms with van der Waals surface area (Å²) in [6.07, 6.45) is 0. The van der Waals surface area contributed by atoms with Crippen LogP contribution in [0.4, 0.5) is 0 Å². The summed E-state index contributed by atoms with van der Waals surface area (Å²) in [7, 11) is 1.46. The van der Waals surface area contributed by atoms with Gasteiger partial charge in [-0.1, -0.05) is 29.8 Å². The first-order chi connectivity index (χ1) is 8.13. The van der Waals surface area contributed by atoms with Crippen molar-refractivity contribution in [3.63, 3.8) is 0 Å². The second-order valence-electron chi connectivity index (χ2n) is 3.65. The molecule has 0 saturated heterocycles. The molecule has 2 aromatic rings. The molecular formula is C12H12N2O3. The van der Waals surface area contributed by atoms with Gasteiger partial charge in [0.05, 0.1) is 12.7 Å². The van der Waals surface area contributed by atoms with Gasteiger partial charge in [0.2, 0.25) is 5.88 Å². The number of aromatic nitrogens is 2. The van der Waals surface area contributed by atoms with Gasteiger partial charge in [-0.2, -0.15) is 0 Å². The number of aromatic carboxylic acids is 1. The van der Waals surface area contributed by atoms with Gasteiger partial charge < -0.3 is 9.84 Å². The van der Waals surface area contributed by atoms with Crippen LogP contribution in [0.5, 0.6) is 5.88 Å². The molecule has 88 valence electrons. The summed E-state index contributed by atoms with van der Waals surface area (Å²) < 4.78 is 5.06. The lowest BCUT2D eigenvalue weighted by Crippen LogP contribution is -1.99. The summed E-state index contributed by atoms with van der Waals surface area (Å²) in [5, 5.41) is 15.4. The Morgan fingerprint density at radius 1 is 1.35 bits per heavy atom. The Bertz CT molecular complexity index is 543. The second-order valence-corrected chi connectivity index (χ2v) is 3.65. The standard InChI is InChI=1S/C12H12N2O3/c1-7-3-5-8(6-4-7)9-10(12(15)16)13-14-11(9)17-2/h3-6H,1-2H3,(H,13,14)(H,15,16). The van der Waals surface area contributed by atoms with E-state index < -0.39 is 5.97 Å². The molecule has 1 aromatic carbocycles. The molecule has 0 aliphatic rings. The molecule has 1 aromatic heterocycles. The number of aryl methyl sites for hydroxylation is 1. The van der Waals surface area contributed by atoms with Gasteiger partial charge in [-0.15, -0.1) is 5.10 Å². The zero-order valence-electron chi connectivity index (χ0n) is 9.52. The number of aromatic amines is 1. The minimum absolute atomic E-state index is 0.0331. The second kappa shape index (κ2) is 4.29. The molecule has 0 spiro atoms. The molecule has 0 aliphatic heterocycles. The molecule has 0 saturated carbocycles. The van der Waals surface area contributed by atoms with Gasteiger partial charge in [-0.3, -0.25) is 5.10 Å². The zero-order valence-corrected chi connectivity index (χ0v) is 9.52. The molecule has 0 aliphatic carbocycles. The van der Waals surface area contributed by atoms with Gasteiger partial charge in [0.25, 0.3) is 0 Å². The van der Waals surface area contributed by atoms with Crippen molar-refractivity contribution in [1.29, 1.82) is 0 Å². The molecule has 17 heavy (non-hydrogen) atoms. The summed E-state index contributed by atoms with van der Waals surface area (Å²) in [6, 6.07) is 7.51. The van der Waals surface area contributed by atoms with E-state index in [4.69, 9.17) is 9.84 Å². The Labute approximate surface area is 98.0 Å². The average molecular weight is 232 g/mol. The van der Waals surface area contributed by atoms with Crippen LogP contribution in [0.15, 0.2) is 24.3 Å². The first-order valence-corrected chi connectivity index (χ1v) is 5.06. The normalized spacial score (nSPS) is 10.2. The van der Waals surface area contributed by atoms with Crippen LogP contribution in [0.25, 0.3) is 11.1 Å². The molecule has 0 amide bonds. The predicted octanol–water partition coefficient (Wildman–Crippen LogP) is 2.09. The Hall–Kier alpha value is -2.30. The number of carboxylic acids is 1. The van der Waals surface area contributed by atoms with Crippen LogP contribution in [0.1, 0.15) is 16.1 Å².